The van der Waals surface area contributed by atoms with Crippen molar-refractivity contribution in [3.8, 4) is 0 Å². The number of ketones is 1. The van der Waals surface area contributed by atoms with Gasteiger partial charge in [-0.3, -0.25) is 4.79 Å². The first-order valence-electron chi connectivity index (χ1n) is 5.40. The summed E-state index contributed by atoms with van der Waals surface area (Å²) in [6, 6.07) is 8.79. The van der Waals surface area contributed by atoms with Gasteiger partial charge < -0.3 is 0 Å². The van der Waals surface area contributed by atoms with E-state index >= 15 is 0 Å². The lowest BCUT2D eigenvalue weighted by atomic mass is 10.0. The number of halogens is 4. The second-order valence-corrected chi connectivity index (χ2v) is 5.71. The summed E-state index contributed by atoms with van der Waals surface area (Å²) in [5, 5.41) is 0. The lowest BCUT2D eigenvalue weighted by Gasteiger charge is -2.06. The molecule has 0 aliphatic rings. The summed E-state index contributed by atoms with van der Waals surface area (Å²) in [6.45, 7) is 0. The van der Waals surface area contributed by atoms with Gasteiger partial charge in [0.1, 0.15) is 11.6 Å². The zero-order chi connectivity index (χ0) is 14.0. The molecular formula is C14H8Br2F2O. The van der Waals surface area contributed by atoms with E-state index < -0.39 is 17.4 Å². The molecule has 0 atom stereocenters. The topological polar surface area (TPSA) is 17.1 Å². The molecule has 0 bridgehead atoms. The Kier molecular flexibility index (Phi) is 4.47. The molecule has 0 N–H and O–H groups in total. The van der Waals surface area contributed by atoms with Crippen molar-refractivity contribution in [2.24, 2.45) is 0 Å². The van der Waals surface area contributed by atoms with E-state index in [-0.39, 0.29) is 22.0 Å². The second-order valence-electron chi connectivity index (χ2n) is 3.94. The molecule has 0 saturated carbocycles. The first-order valence-corrected chi connectivity index (χ1v) is 6.99. The number of hydrogen-bond acceptors (Lipinski definition) is 1. The highest BCUT2D eigenvalue weighted by Crippen LogP contribution is 2.22. The normalized spacial score (nSPS) is 10.5. The zero-order valence-electron chi connectivity index (χ0n) is 9.59. The van der Waals surface area contributed by atoms with Gasteiger partial charge in [0, 0.05) is 10.9 Å². The van der Waals surface area contributed by atoms with Crippen molar-refractivity contribution in [1.82, 2.24) is 0 Å². The van der Waals surface area contributed by atoms with E-state index in [0.717, 1.165) is 0 Å². The number of hydrogen-bond donors (Lipinski definition) is 0. The van der Waals surface area contributed by atoms with E-state index in [1.165, 1.54) is 24.3 Å². The molecule has 0 saturated heterocycles. The minimum Gasteiger partial charge on any atom is -0.294 e. The molecule has 2 aromatic carbocycles. The summed E-state index contributed by atoms with van der Waals surface area (Å²) in [5.41, 5.74) is 0.188. The fourth-order valence-corrected chi connectivity index (χ4v) is 2.44. The van der Waals surface area contributed by atoms with Gasteiger partial charge in [0.05, 0.1) is 10.0 Å². The summed E-state index contributed by atoms with van der Waals surface area (Å²) in [4.78, 5) is 12.0. The molecule has 0 heterocycles. The van der Waals surface area contributed by atoms with Gasteiger partial charge in [-0.25, -0.2) is 8.78 Å². The molecule has 0 amide bonds. The molecule has 0 aliphatic carbocycles. The number of Topliss-reactive ketones (excluding diaryl/α,β-unsaturated/α-hetero) is 1. The van der Waals surface area contributed by atoms with Gasteiger partial charge in [0.25, 0.3) is 0 Å². The predicted molar refractivity (Wildman–Crippen MR) is 76.2 cm³/mol. The molecule has 1 nitrogen and oxygen atoms in total. The number of benzene rings is 2. The van der Waals surface area contributed by atoms with Crippen LogP contribution >= 0.6 is 31.9 Å². The van der Waals surface area contributed by atoms with Crippen LogP contribution in [0.25, 0.3) is 0 Å². The van der Waals surface area contributed by atoms with Gasteiger partial charge in [0.15, 0.2) is 5.78 Å². The molecule has 0 unspecified atom stereocenters. The lowest BCUT2D eigenvalue weighted by molar-refractivity contribution is 0.0988. The van der Waals surface area contributed by atoms with Gasteiger partial charge in [0.2, 0.25) is 0 Å². The maximum atomic E-state index is 13.8. The van der Waals surface area contributed by atoms with Crippen LogP contribution in [-0.4, -0.2) is 5.78 Å². The Morgan fingerprint density at radius 2 is 1.84 bits per heavy atom. The maximum absolute atomic E-state index is 13.8. The van der Waals surface area contributed by atoms with E-state index in [2.05, 4.69) is 31.9 Å². The van der Waals surface area contributed by atoms with Crippen molar-refractivity contribution in [2.45, 2.75) is 6.42 Å². The molecule has 0 spiro atoms. The van der Waals surface area contributed by atoms with Gasteiger partial charge in [-0.1, -0.05) is 22.0 Å². The summed E-state index contributed by atoms with van der Waals surface area (Å²) in [5.74, 6) is -1.56. The number of carbonyl (C=O) groups is 1. The third-order valence-corrected chi connectivity index (χ3v) is 3.72. The average molecular weight is 390 g/mol. The molecule has 2 aromatic rings. The highest BCUT2D eigenvalue weighted by atomic mass is 79.9. The van der Waals surface area contributed by atoms with Gasteiger partial charge in [-0.2, -0.15) is 0 Å². The van der Waals surface area contributed by atoms with Crippen LogP contribution in [0.5, 0.6) is 0 Å². The van der Waals surface area contributed by atoms with Crippen molar-refractivity contribution in [3.05, 3.63) is 68.1 Å². The molecular weight excluding hydrogens is 382 g/mol. The molecule has 0 fully saturated rings. The Balaban J connectivity index is 2.31. The van der Waals surface area contributed by atoms with Crippen LogP contribution in [0.1, 0.15) is 15.9 Å². The third-order valence-electron chi connectivity index (χ3n) is 2.61. The second kappa shape index (κ2) is 5.92. The third kappa shape index (κ3) is 3.28. The smallest absolute Gasteiger partial charge is 0.170 e. The molecule has 0 aromatic heterocycles. The summed E-state index contributed by atoms with van der Waals surface area (Å²) >= 11 is 6.23. The average Bonchev–Trinajstić information content (AvgIpc) is 2.37. The van der Waals surface area contributed by atoms with Crippen molar-refractivity contribution in [2.75, 3.05) is 0 Å². The molecule has 98 valence electrons. The van der Waals surface area contributed by atoms with E-state index in [1.54, 1.807) is 12.1 Å². The van der Waals surface area contributed by atoms with Gasteiger partial charge in [-0.15, -0.1) is 0 Å². The Bertz CT molecular complexity index is 641. The molecule has 2 rings (SSSR count). The minimum absolute atomic E-state index is 0.0475. The van der Waals surface area contributed by atoms with Crippen molar-refractivity contribution >= 4 is 37.6 Å². The van der Waals surface area contributed by atoms with Gasteiger partial charge in [-0.05, 0) is 51.8 Å². The Hall–Kier alpha value is -1.07. The minimum atomic E-state index is -0.622. The van der Waals surface area contributed by atoms with E-state index in [9.17, 15) is 13.6 Å². The quantitative estimate of drug-likeness (QED) is 0.681. The van der Waals surface area contributed by atoms with Crippen LogP contribution < -0.4 is 0 Å². The fourth-order valence-electron chi connectivity index (χ4n) is 1.67. The fraction of sp³-hybridized carbons (Fsp3) is 0.0714. The van der Waals surface area contributed by atoms with Crippen molar-refractivity contribution in [3.63, 3.8) is 0 Å². The summed E-state index contributed by atoms with van der Waals surface area (Å²) < 4.78 is 28.2. The van der Waals surface area contributed by atoms with E-state index in [4.69, 9.17) is 0 Å². The summed E-state index contributed by atoms with van der Waals surface area (Å²) in [6.07, 6.45) is -0.182. The van der Waals surface area contributed by atoms with Crippen LogP contribution in [0.4, 0.5) is 8.78 Å². The van der Waals surface area contributed by atoms with E-state index in [1.807, 2.05) is 0 Å². The SMILES string of the molecule is O=C(Cc1cc(Br)ccc1F)c1cccc(Br)c1F. The lowest BCUT2D eigenvalue weighted by Crippen LogP contribution is -2.08. The van der Waals surface area contributed by atoms with Crippen molar-refractivity contribution in [1.29, 1.82) is 0 Å². The van der Waals surface area contributed by atoms with Crippen LogP contribution in [0, 0.1) is 11.6 Å². The molecule has 0 aliphatic heterocycles. The van der Waals surface area contributed by atoms with Gasteiger partial charge >= 0.3 is 0 Å². The van der Waals surface area contributed by atoms with Crippen molar-refractivity contribution < 1.29 is 13.6 Å². The maximum Gasteiger partial charge on any atom is 0.170 e. The van der Waals surface area contributed by atoms with Crippen LogP contribution in [0.15, 0.2) is 45.3 Å². The highest BCUT2D eigenvalue weighted by Gasteiger charge is 2.16. The highest BCUT2D eigenvalue weighted by molar-refractivity contribution is 9.10. The monoisotopic (exact) mass is 388 g/mol. The molecule has 5 heteroatoms. The largest absolute Gasteiger partial charge is 0.294 e. The predicted octanol–water partition coefficient (Wildman–Crippen LogP) is 4.92. The molecule has 0 radical (unpaired) electrons. The number of rotatable bonds is 3. The Morgan fingerprint density at radius 1 is 1.11 bits per heavy atom. The standard InChI is InChI=1S/C14H8Br2F2O/c15-9-4-5-12(17)8(6-9)7-13(19)10-2-1-3-11(16)14(10)18/h1-6H,7H2. The zero-order valence-corrected chi connectivity index (χ0v) is 12.8. The Morgan fingerprint density at radius 3 is 2.58 bits per heavy atom. The first kappa shape index (κ1) is 14.3. The number of carbonyl (C=O) groups excluding carboxylic acids is 1. The Labute approximate surface area is 125 Å². The van der Waals surface area contributed by atoms with Crippen LogP contribution in [-0.2, 0) is 6.42 Å². The van der Waals surface area contributed by atoms with E-state index in [0.29, 0.717) is 4.47 Å². The first-order chi connectivity index (χ1) is 8.99. The molecule has 19 heavy (non-hydrogen) atoms. The van der Waals surface area contributed by atoms with Crippen LogP contribution in [0.2, 0.25) is 0 Å². The summed E-state index contributed by atoms with van der Waals surface area (Å²) in [7, 11) is 0. The van der Waals surface area contributed by atoms with Crippen LogP contribution in [0.3, 0.4) is 0 Å².